The van der Waals surface area contributed by atoms with Crippen LogP contribution >= 0.6 is 0 Å². The third-order valence-electron chi connectivity index (χ3n) is 5.88. The lowest BCUT2D eigenvalue weighted by molar-refractivity contribution is 0.0398. The van der Waals surface area contributed by atoms with Crippen LogP contribution in [0.2, 0.25) is 0 Å². The zero-order valence-corrected chi connectivity index (χ0v) is 16.9. The van der Waals surface area contributed by atoms with Crippen molar-refractivity contribution in [3.8, 4) is 11.3 Å². The number of primary amides is 1. The van der Waals surface area contributed by atoms with E-state index in [4.69, 9.17) is 10.5 Å². The predicted octanol–water partition coefficient (Wildman–Crippen LogP) is 2.12. The quantitative estimate of drug-likeness (QED) is 0.624. The third kappa shape index (κ3) is 3.76. The van der Waals surface area contributed by atoms with Crippen molar-refractivity contribution in [2.24, 2.45) is 5.73 Å². The molecule has 5 rings (SSSR count). The Hall–Kier alpha value is -2.97. The molecule has 8 nitrogen and oxygen atoms in total. The van der Waals surface area contributed by atoms with Crippen LogP contribution in [-0.4, -0.2) is 64.6 Å². The molecule has 2 fully saturated rings. The number of nitrogens with two attached hydrogens (primary N) is 1. The van der Waals surface area contributed by atoms with E-state index in [1.807, 2.05) is 28.9 Å². The summed E-state index contributed by atoms with van der Waals surface area (Å²) in [4.78, 5) is 23.3. The average Bonchev–Trinajstić information content (AvgIpc) is 3.53. The Labute approximate surface area is 175 Å². The molecule has 0 unspecified atom stereocenters. The van der Waals surface area contributed by atoms with Crippen molar-refractivity contribution in [2.75, 3.05) is 44.7 Å². The topological polar surface area (TPSA) is 97.8 Å². The average molecular weight is 406 g/mol. The number of nitrogens with zero attached hydrogens (tertiary/aromatic N) is 4. The summed E-state index contributed by atoms with van der Waals surface area (Å²) in [5.74, 6) is 0.844. The second kappa shape index (κ2) is 8.04. The highest BCUT2D eigenvalue weighted by atomic mass is 16.5. The standard InChI is InChI=1S/C22H26N6O2/c23-20(29)17-4-3-16(13-18(17)15-1-2-15)19-14-26-22-21(25-6-8-28(19)22)24-5-7-27-9-11-30-12-10-27/h3-4,6,8,13-15H,1-2,5,7,9-12H2,(H2,23,29)(H,24,25). The molecule has 3 N–H and O–H groups in total. The van der Waals surface area contributed by atoms with Crippen molar-refractivity contribution in [3.63, 3.8) is 0 Å². The van der Waals surface area contributed by atoms with E-state index in [0.717, 1.165) is 80.5 Å². The van der Waals surface area contributed by atoms with Crippen molar-refractivity contribution in [1.82, 2.24) is 19.3 Å². The molecule has 2 aromatic heterocycles. The fraction of sp³-hybridized carbons (Fsp3) is 0.409. The molecular weight excluding hydrogens is 380 g/mol. The Morgan fingerprint density at radius 1 is 1.23 bits per heavy atom. The second-order valence-electron chi connectivity index (χ2n) is 7.93. The Balaban J connectivity index is 1.39. The fourth-order valence-corrected chi connectivity index (χ4v) is 4.09. The van der Waals surface area contributed by atoms with E-state index in [1.54, 1.807) is 6.20 Å². The van der Waals surface area contributed by atoms with E-state index in [1.165, 1.54) is 0 Å². The summed E-state index contributed by atoms with van der Waals surface area (Å²) in [6, 6.07) is 5.88. The number of aromatic nitrogens is 3. The smallest absolute Gasteiger partial charge is 0.248 e. The van der Waals surface area contributed by atoms with Crippen molar-refractivity contribution < 1.29 is 9.53 Å². The van der Waals surface area contributed by atoms with Gasteiger partial charge >= 0.3 is 0 Å². The molecule has 1 aliphatic heterocycles. The maximum atomic E-state index is 11.8. The molecule has 30 heavy (non-hydrogen) atoms. The number of nitrogens with one attached hydrogen (secondary N) is 1. The Kier molecular flexibility index (Phi) is 5.10. The van der Waals surface area contributed by atoms with Gasteiger partial charge in [0.05, 0.1) is 25.1 Å². The van der Waals surface area contributed by atoms with E-state index in [2.05, 4.69) is 26.3 Å². The zero-order valence-electron chi connectivity index (χ0n) is 16.9. The normalized spacial score (nSPS) is 17.3. The Morgan fingerprint density at radius 3 is 2.83 bits per heavy atom. The lowest BCUT2D eigenvalue weighted by Gasteiger charge is -2.26. The lowest BCUT2D eigenvalue weighted by Crippen LogP contribution is -2.39. The fourth-order valence-electron chi connectivity index (χ4n) is 4.09. The molecule has 0 radical (unpaired) electrons. The number of fused-ring (bicyclic) bond motifs is 1. The number of rotatable bonds is 7. The van der Waals surface area contributed by atoms with Crippen LogP contribution in [0.4, 0.5) is 5.82 Å². The SMILES string of the molecule is NC(=O)c1ccc(-c2cnc3c(NCCN4CCOCC4)nccn23)cc1C1CC1. The molecular formula is C22H26N6O2. The molecule has 3 heterocycles. The number of amides is 1. The lowest BCUT2D eigenvalue weighted by atomic mass is 9.98. The van der Waals surface area contributed by atoms with Gasteiger partial charge in [-0.2, -0.15) is 0 Å². The molecule has 0 bridgehead atoms. The van der Waals surface area contributed by atoms with Crippen molar-refractivity contribution in [3.05, 3.63) is 47.9 Å². The van der Waals surface area contributed by atoms with Gasteiger partial charge in [-0.3, -0.25) is 14.1 Å². The summed E-state index contributed by atoms with van der Waals surface area (Å²) >= 11 is 0. The summed E-state index contributed by atoms with van der Waals surface area (Å²) in [6.07, 6.45) is 7.79. The predicted molar refractivity (Wildman–Crippen MR) is 115 cm³/mol. The molecule has 1 saturated carbocycles. The first-order valence-electron chi connectivity index (χ1n) is 10.5. The molecule has 8 heteroatoms. The Bertz CT molecular complexity index is 1070. The van der Waals surface area contributed by atoms with Crippen molar-refractivity contribution in [1.29, 1.82) is 0 Å². The van der Waals surface area contributed by atoms with Gasteiger partial charge in [0.15, 0.2) is 11.5 Å². The molecule has 2 aliphatic rings. The zero-order chi connectivity index (χ0) is 20.5. The van der Waals surface area contributed by atoms with E-state index in [0.29, 0.717) is 11.5 Å². The second-order valence-corrected chi connectivity index (χ2v) is 7.93. The highest BCUT2D eigenvalue weighted by molar-refractivity contribution is 5.95. The Morgan fingerprint density at radius 2 is 2.07 bits per heavy atom. The number of benzene rings is 1. The van der Waals surface area contributed by atoms with Gasteiger partial charge in [-0.05, 0) is 36.5 Å². The van der Waals surface area contributed by atoms with Gasteiger partial charge in [0.25, 0.3) is 0 Å². The van der Waals surface area contributed by atoms with Crippen molar-refractivity contribution in [2.45, 2.75) is 18.8 Å². The van der Waals surface area contributed by atoms with Crippen LogP contribution in [0.1, 0.15) is 34.7 Å². The number of anilines is 1. The summed E-state index contributed by atoms with van der Waals surface area (Å²) in [6.45, 7) is 5.28. The minimum atomic E-state index is -0.363. The number of hydrogen-bond acceptors (Lipinski definition) is 6. The monoisotopic (exact) mass is 406 g/mol. The van der Waals surface area contributed by atoms with Gasteiger partial charge in [0.2, 0.25) is 5.91 Å². The molecule has 3 aromatic rings. The third-order valence-corrected chi connectivity index (χ3v) is 5.88. The molecule has 1 aliphatic carbocycles. The first kappa shape index (κ1) is 19.0. The van der Waals surface area contributed by atoms with Crippen molar-refractivity contribution >= 4 is 17.4 Å². The summed E-state index contributed by atoms with van der Waals surface area (Å²) in [5.41, 5.74) is 10.0. The minimum absolute atomic E-state index is 0.363. The van der Waals surface area contributed by atoms with Crippen LogP contribution in [-0.2, 0) is 4.74 Å². The summed E-state index contributed by atoms with van der Waals surface area (Å²) < 4.78 is 7.44. The van der Waals surface area contributed by atoms with E-state index in [-0.39, 0.29) is 5.91 Å². The van der Waals surface area contributed by atoms with Crippen LogP contribution in [0, 0.1) is 0 Å². The number of carbonyl (C=O) groups excluding carboxylic acids is 1. The summed E-state index contributed by atoms with van der Waals surface area (Å²) in [7, 11) is 0. The highest BCUT2D eigenvalue weighted by Crippen LogP contribution is 2.43. The first-order valence-corrected chi connectivity index (χ1v) is 10.5. The number of imidazole rings is 1. The van der Waals surface area contributed by atoms with Gasteiger partial charge in [-0.1, -0.05) is 6.07 Å². The molecule has 1 saturated heterocycles. The van der Waals surface area contributed by atoms with Crippen LogP contribution in [0.25, 0.3) is 16.9 Å². The highest BCUT2D eigenvalue weighted by Gasteiger charge is 2.28. The number of hydrogen-bond donors (Lipinski definition) is 2. The van der Waals surface area contributed by atoms with E-state index >= 15 is 0 Å². The van der Waals surface area contributed by atoms with E-state index < -0.39 is 0 Å². The van der Waals surface area contributed by atoms with Crippen LogP contribution < -0.4 is 11.1 Å². The van der Waals surface area contributed by atoms with E-state index in [9.17, 15) is 4.79 Å². The molecule has 0 atom stereocenters. The maximum absolute atomic E-state index is 11.8. The van der Waals surface area contributed by atoms with Gasteiger partial charge < -0.3 is 15.8 Å². The van der Waals surface area contributed by atoms with Gasteiger partial charge in [-0.25, -0.2) is 9.97 Å². The van der Waals surface area contributed by atoms with Crippen LogP contribution in [0.3, 0.4) is 0 Å². The molecule has 1 amide bonds. The molecule has 0 spiro atoms. The van der Waals surface area contributed by atoms with Crippen LogP contribution in [0.5, 0.6) is 0 Å². The number of ether oxygens (including phenoxy) is 1. The largest absolute Gasteiger partial charge is 0.379 e. The van der Waals surface area contributed by atoms with Gasteiger partial charge in [0, 0.05) is 49.7 Å². The first-order chi connectivity index (χ1) is 14.7. The minimum Gasteiger partial charge on any atom is -0.379 e. The maximum Gasteiger partial charge on any atom is 0.248 e. The van der Waals surface area contributed by atoms with Crippen LogP contribution in [0.15, 0.2) is 36.8 Å². The molecule has 1 aromatic carbocycles. The summed E-state index contributed by atoms with van der Waals surface area (Å²) in [5, 5.41) is 3.43. The number of carbonyl (C=O) groups is 1. The number of morpholine rings is 1. The molecule has 156 valence electrons. The van der Waals surface area contributed by atoms with Gasteiger partial charge in [-0.15, -0.1) is 0 Å². The van der Waals surface area contributed by atoms with Gasteiger partial charge in [0.1, 0.15) is 0 Å².